The van der Waals surface area contributed by atoms with Crippen molar-refractivity contribution < 1.29 is 9.84 Å². The molecular weight excluding hydrogens is 443 g/mol. The fraction of sp³-hybridized carbons (Fsp3) is 0.526. The fourth-order valence-corrected chi connectivity index (χ4v) is 2.96. The lowest BCUT2D eigenvalue weighted by Crippen LogP contribution is -2.48. The van der Waals surface area contributed by atoms with Gasteiger partial charge < -0.3 is 20.5 Å². The number of halogens is 1. The second-order valence-corrected chi connectivity index (χ2v) is 6.21. The van der Waals surface area contributed by atoms with Crippen LogP contribution in [0.15, 0.2) is 35.8 Å². The van der Waals surface area contributed by atoms with Gasteiger partial charge in [-0.15, -0.1) is 30.6 Å². The molecule has 0 radical (unpaired) electrons. The smallest absolute Gasteiger partial charge is 0.191 e. The van der Waals surface area contributed by atoms with Crippen LogP contribution < -0.4 is 15.4 Å². The van der Waals surface area contributed by atoms with Crippen LogP contribution in [0.25, 0.3) is 0 Å². The predicted octanol–water partition coefficient (Wildman–Crippen LogP) is 2.72. The van der Waals surface area contributed by atoms with Gasteiger partial charge in [-0.3, -0.25) is 4.90 Å². The highest BCUT2D eigenvalue weighted by Crippen LogP contribution is 2.26. The number of rotatable bonds is 7. The first kappa shape index (κ1) is 22.6. The molecular formula is C19H31IN4O2. The zero-order valence-corrected chi connectivity index (χ0v) is 18.0. The van der Waals surface area contributed by atoms with Gasteiger partial charge in [-0.25, -0.2) is 4.99 Å². The Hall–Kier alpha value is -1.48. The molecule has 0 aromatic heterocycles. The molecule has 0 aliphatic carbocycles. The third kappa shape index (κ3) is 7.03. The summed E-state index contributed by atoms with van der Waals surface area (Å²) in [5.41, 5.74) is 0.941. The van der Waals surface area contributed by atoms with Crippen molar-refractivity contribution in [2.24, 2.45) is 4.99 Å². The largest absolute Gasteiger partial charge is 0.504 e. The van der Waals surface area contributed by atoms with Gasteiger partial charge in [0.05, 0.1) is 13.7 Å². The minimum atomic E-state index is 0. The number of aliphatic imine (C=N–C) groups is 1. The highest BCUT2D eigenvalue weighted by molar-refractivity contribution is 14.0. The molecule has 1 aromatic rings. The molecule has 6 nitrogen and oxygen atoms in total. The van der Waals surface area contributed by atoms with Crippen LogP contribution in [0.2, 0.25) is 0 Å². The summed E-state index contributed by atoms with van der Waals surface area (Å²) >= 11 is 0. The summed E-state index contributed by atoms with van der Waals surface area (Å²) in [5.74, 6) is 1.44. The topological polar surface area (TPSA) is 69.1 Å². The van der Waals surface area contributed by atoms with E-state index < -0.39 is 0 Å². The second kappa shape index (κ2) is 12.0. The summed E-state index contributed by atoms with van der Waals surface area (Å²) in [6, 6.07) is 5.80. The number of likely N-dealkylation sites (tertiary alicyclic amines) is 1. The lowest BCUT2D eigenvalue weighted by atomic mass is 10.1. The van der Waals surface area contributed by atoms with Gasteiger partial charge >= 0.3 is 0 Å². The lowest BCUT2D eigenvalue weighted by Gasteiger charge is -2.32. The zero-order valence-electron chi connectivity index (χ0n) is 15.7. The van der Waals surface area contributed by atoms with Gasteiger partial charge in [0.2, 0.25) is 0 Å². The Morgan fingerprint density at radius 3 is 2.73 bits per heavy atom. The van der Waals surface area contributed by atoms with Gasteiger partial charge in [-0.05, 0) is 37.5 Å². The Morgan fingerprint density at radius 1 is 1.42 bits per heavy atom. The van der Waals surface area contributed by atoms with Gasteiger partial charge in [0, 0.05) is 32.2 Å². The maximum atomic E-state index is 9.87. The van der Waals surface area contributed by atoms with Crippen molar-refractivity contribution in [3.63, 3.8) is 0 Å². The van der Waals surface area contributed by atoms with Gasteiger partial charge in [-0.2, -0.15) is 0 Å². The number of hydrogen-bond acceptors (Lipinski definition) is 4. The van der Waals surface area contributed by atoms with Crippen LogP contribution in [0.1, 0.15) is 25.3 Å². The van der Waals surface area contributed by atoms with E-state index in [0.717, 1.165) is 50.5 Å². The van der Waals surface area contributed by atoms with E-state index in [1.54, 1.807) is 19.2 Å². The third-order valence-electron chi connectivity index (χ3n) is 4.32. The number of guanidine groups is 1. The first-order valence-corrected chi connectivity index (χ1v) is 8.90. The van der Waals surface area contributed by atoms with Crippen LogP contribution in [0, 0.1) is 0 Å². The maximum Gasteiger partial charge on any atom is 0.191 e. The number of aromatic hydroxyl groups is 1. The number of nitrogens with one attached hydrogen (secondary N) is 2. The first-order chi connectivity index (χ1) is 12.2. The van der Waals surface area contributed by atoms with Gasteiger partial charge in [-0.1, -0.05) is 12.1 Å². The monoisotopic (exact) mass is 474 g/mol. The molecule has 26 heavy (non-hydrogen) atoms. The number of hydrogen-bond donors (Lipinski definition) is 3. The summed E-state index contributed by atoms with van der Waals surface area (Å²) in [6.07, 6.45) is 4.16. The van der Waals surface area contributed by atoms with E-state index in [1.165, 1.54) is 0 Å². The molecule has 1 aliphatic heterocycles. The van der Waals surface area contributed by atoms with E-state index in [9.17, 15) is 5.11 Å². The number of piperidine rings is 1. The van der Waals surface area contributed by atoms with E-state index in [4.69, 9.17) is 4.74 Å². The molecule has 1 aliphatic rings. The predicted molar refractivity (Wildman–Crippen MR) is 118 cm³/mol. The fourth-order valence-electron chi connectivity index (χ4n) is 2.96. The number of benzene rings is 1. The summed E-state index contributed by atoms with van der Waals surface area (Å²) in [7, 11) is 1.54. The second-order valence-electron chi connectivity index (χ2n) is 6.21. The van der Waals surface area contributed by atoms with Crippen LogP contribution in [0.3, 0.4) is 0 Å². The van der Waals surface area contributed by atoms with E-state index in [2.05, 4.69) is 34.0 Å². The Morgan fingerprint density at radius 2 is 2.15 bits per heavy atom. The minimum Gasteiger partial charge on any atom is -0.504 e. The average molecular weight is 474 g/mol. The normalized spacial score (nSPS) is 15.8. The number of ether oxygens (including phenoxy) is 1. The van der Waals surface area contributed by atoms with E-state index >= 15 is 0 Å². The van der Waals surface area contributed by atoms with Crippen molar-refractivity contribution in [2.45, 2.75) is 32.4 Å². The number of phenols is 1. The third-order valence-corrected chi connectivity index (χ3v) is 4.32. The molecule has 0 bridgehead atoms. The Balaban J connectivity index is 0.00000338. The average Bonchev–Trinajstić information content (AvgIpc) is 2.62. The van der Waals surface area contributed by atoms with Gasteiger partial charge in [0.1, 0.15) is 0 Å². The molecule has 2 rings (SSSR count). The molecule has 1 saturated heterocycles. The molecule has 0 unspecified atom stereocenters. The number of methoxy groups -OCH3 is 1. The van der Waals surface area contributed by atoms with E-state index in [1.807, 2.05) is 12.1 Å². The first-order valence-electron chi connectivity index (χ1n) is 8.90. The van der Waals surface area contributed by atoms with Gasteiger partial charge in [0.25, 0.3) is 0 Å². The Labute approximate surface area is 173 Å². The van der Waals surface area contributed by atoms with Crippen LogP contribution in [0.4, 0.5) is 0 Å². The van der Waals surface area contributed by atoms with Crippen LogP contribution in [-0.4, -0.2) is 55.3 Å². The molecule has 0 saturated carbocycles. The lowest BCUT2D eigenvalue weighted by molar-refractivity contribution is 0.225. The van der Waals surface area contributed by atoms with Crippen molar-refractivity contribution in [1.82, 2.24) is 15.5 Å². The molecule has 7 heteroatoms. The van der Waals surface area contributed by atoms with Crippen molar-refractivity contribution in [3.8, 4) is 11.5 Å². The quantitative estimate of drug-likeness (QED) is 0.246. The Bertz CT molecular complexity index is 587. The zero-order chi connectivity index (χ0) is 18.1. The molecule has 0 spiro atoms. The van der Waals surface area contributed by atoms with Crippen molar-refractivity contribution in [1.29, 1.82) is 0 Å². The Kier molecular flexibility index (Phi) is 10.4. The van der Waals surface area contributed by atoms with E-state index in [-0.39, 0.29) is 29.7 Å². The van der Waals surface area contributed by atoms with Gasteiger partial charge in [0.15, 0.2) is 17.5 Å². The van der Waals surface area contributed by atoms with Crippen molar-refractivity contribution >= 4 is 29.9 Å². The highest BCUT2D eigenvalue weighted by atomic mass is 127. The number of phenolic OH excluding ortho intramolecular Hbond substituents is 1. The summed E-state index contributed by atoms with van der Waals surface area (Å²) in [6.45, 7) is 10.3. The highest BCUT2D eigenvalue weighted by Gasteiger charge is 2.19. The molecule has 0 atom stereocenters. The van der Waals surface area contributed by atoms with E-state index in [0.29, 0.717) is 18.3 Å². The van der Waals surface area contributed by atoms with Crippen LogP contribution in [0.5, 0.6) is 11.5 Å². The molecule has 1 heterocycles. The molecule has 1 aromatic carbocycles. The minimum absolute atomic E-state index is 0. The van der Waals surface area contributed by atoms with Crippen LogP contribution >= 0.6 is 24.0 Å². The van der Waals surface area contributed by atoms with Crippen LogP contribution in [-0.2, 0) is 6.54 Å². The summed E-state index contributed by atoms with van der Waals surface area (Å²) in [4.78, 5) is 7.05. The molecule has 1 fully saturated rings. The summed E-state index contributed by atoms with van der Waals surface area (Å²) < 4.78 is 5.07. The van der Waals surface area contributed by atoms with Crippen molar-refractivity contribution in [3.05, 3.63) is 36.4 Å². The maximum absolute atomic E-state index is 9.87. The van der Waals surface area contributed by atoms with Crippen molar-refractivity contribution in [2.75, 3.05) is 33.3 Å². The summed E-state index contributed by atoms with van der Waals surface area (Å²) in [5, 5.41) is 16.7. The standard InChI is InChI=1S/C19H30N4O2.HI/c1-4-10-23-11-8-16(9-12-23)22-19(20-5-2)21-14-15-6-7-18(25-3)17(24)13-15;/h4,6-7,13,16,24H,1,5,8-12,14H2,2-3H3,(H2,20,21,22);1H. The SMILES string of the molecule is C=CCN1CCC(NC(=NCc2ccc(OC)c(O)c2)NCC)CC1.I. The number of nitrogens with zero attached hydrogens (tertiary/aromatic N) is 2. The molecule has 0 amide bonds. The molecule has 3 N–H and O–H groups in total. The molecule has 146 valence electrons.